The van der Waals surface area contributed by atoms with E-state index in [-0.39, 0.29) is 10.0 Å². The average molecular weight is 378 g/mol. The molecular formula is C11H6BrCl2F3O2. The van der Waals surface area contributed by atoms with Gasteiger partial charge in [0.1, 0.15) is 4.33 Å². The summed E-state index contributed by atoms with van der Waals surface area (Å²) in [6.45, 7) is 0. The normalized spacial score (nSPS) is 25.2. The van der Waals surface area contributed by atoms with E-state index in [0.717, 1.165) is 12.1 Å². The first-order valence-electron chi connectivity index (χ1n) is 5.03. The van der Waals surface area contributed by atoms with E-state index in [1.165, 1.54) is 6.07 Å². The van der Waals surface area contributed by atoms with Crippen LogP contribution in [0.1, 0.15) is 17.0 Å². The second kappa shape index (κ2) is 4.53. The van der Waals surface area contributed by atoms with Crippen LogP contribution in [0.3, 0.4) is 0 Å². The SMILES string of the molecule is O=C(O)[C@@H]1[C@@H](c2cc(Br)cc(C(F)(F)F)c2)C1(Cl)Cl. The summed E-state index contributed by atoms with van der Waals surface area (Å²) < 4.78 is 36.6. The Morgan fingerprint density at radius 2 is 1.89 bits per heavy atom. The second-order valence-corrected chi connectivity index (χ2v) is 6.60. The molecule has 2 atom stereocenters. The Hall–Kier alpha value is -0.460. The van der Waals surface area contributed by atoms with Crippen molar-refractivity contribution < 1.29 is 23.1 Å². The Bertz CT molecular complexity index is 545. The van der Waals surface area contributed by atoms with E-state index in [9.17, 15) is 18.0 Å². The first-order valence-corrected chi connectivity index (χ1v) is 6.58. The number of carboxylic acid groups (broad SMARTS) is 1. The van der Waals surface area contributed by atoms with Crippen molar-refractivity contribution in [2.45, 2.75) is 16.4 Å². The minimum atomic E-state index is -4.52. The monoisotopic (exact) mass is 376 g/mol. The molecule has 1 N–H and O–H groups in total. The molecule has 0 heterocycles. The summed E-state index contributed by atoms with van der Waals surface area (Å²) in [4.78, 5) is 10.9. The maximum absolute atomic E-state index is 12.7. The van der Waals surface area contributed by atoms with Crippen LogP contribution in [-0.2, 0) is 11.0 Å². The van der Waals surface area contributed by atoms with Crippen LogP contribution in [0.25, 0.3) is 0 Å². The molecule has 0 spiro atoms. The minimum absolute atomic E-state index is 0.152. The molecule has 0 bridgehead atoms. The number of aliphatic carboxylic acids is 1. The Labute approximate surface area is 124 Å². The number of carbonyl (C=O) groups is 1. The fourth-order valence-corrected chi connectivity index (χ4v) is 3.33. The van der Waals surface area contributed by atoms with Gasteiger partial charge in [-0.05, 0) is 23.8 Å². The zero-order chi connectivity index (χ0) is 14.6. The van der Waals surface area contributed by atoms with E-state index >= 15 is 0 Å². The van der Waals surface area contributed by atoms with Gasteiger partial charge in [-0.1, -0.05) is 39.1 Å². The molecule has 104 valence electrons. The van der Waals surface area contributed by atoms with Crippen molar-refractivity contribution in [3.05, 3.63) is 33.8 Å². The van der Waals surface area contributed by atoms with Gasteiger partial charge in [-0.25, -0.2) is 0 Å². The van der Waals surface area contributed by atoms with E-state index in [4.69, 9.17) is 28.3 Å². The van der Waals surface area contributed by atoms with Crippen molar-refractivity contribution in [3.8, 4) is 0 Å². The van der Waals surface area contributed by atoms with Crippen molar-refractivity contribution in [2.75, 3.05) is 0 Å². The first kappa shape index (κ1) is 14.9. The van der Waals surface area contributed by atoms with Gasteiger partial charge in [-0.15, -0.1) is 0 Å². The van der Waals surface area contributed by atoms with Gasteiger partial charge in [-0.3, -0.25) is 4.79 Å². The van der Waals surface area contributed by atoms with Gasteiger partial charge in [-0.2, -0.15) is 13.2 Å². The quantitative estimate of drug-likeness (QED) is 0.773. The zero-order valence-corrected chi connectivity index (χ0v) is 12.1. The summed E-state index contributed by atoms with van der Waals surface area (Å²) in [6, 6.07) is 3.17. The number of halogens is 6. The highest BCUT2D eigenvalue weighted by Crippen LogP contribution is 2.65. The largest absolute Gasteiger partial charge is 0.481 e. The van der Waals surface area contributed by atoms with Crippen LogP contribution >= 0.6 is 39.1 Å². The molecule has 0 unspecified atom stereocenters. The number of rotatable bonds is 2. The molecule has 1 aliphatic carbocycles. The number of hydrogen-bond acceptors (Lipinski definition) is 1. The lowest BCUT2D eigenvalue weighted by molar-refractivity contribution is -0.138. The topological polar surface area (TPSA) is 37.3 Å². The lowest BCUT2D eigenvalue weighted by atomic mass is 10.1. The zero-order valence-electron chi connectivity index (χ0n) is 9.01. The highest BCUT2D eigenvalue weighted by atomic mass is 79.9. The third-order valence-electron chi connectivity index (χ3n) is 2.93. The van der Waals surface area contributed by atoms with Crippen LogP contribution in [-0.4, -0.2) is 15.4 Å². The third kappa shape index (κ3) is 2.71. The summed E-state index contributed by atoms with van der Waals surface area (Å²) >= 11 is 14.6. The lowest BCUT2D eigenvalue weighted by Crippen LogP contribution is -2.06. The number of hydrogen-bond donors (Lipinski definition) is 1. The van der Waals surface area contributed by atoms with Crippen LogP contribution in [0.2, 0.25) is 0 Å². The standard InChI is InChI=1S/C11H6BrCl2F3O2/c12-6-2-4(1-5(3-6)11(15,16)17)7-8(9(18)19)10(7,13)14/h1-3,7-8H,(H,18,19)/t7-,8+/m1/s1. The molecular weight excluding hydrogens is 372 g/mol. The molecule has 1 aliphatic rings. The van der Waals surface area contributed by atoms with E-state index in [0.29, 0.717) is 0 Å². The van der Waals surface area contributed by atoms with Crippen LogP contribution in [0.5, 0.6) is 0 Å². The molecule has 2 nitrogen and oxygen atoms in total. The summed E-state index contributed by atoms with van der Waals surface area (Å²) in [5.74, 6) is -3.19. The Balaban J connectivity index is 2.43. The molecule has 0 aliphatic heterocycles. The van der Waals surface area contributed by atoms with Crippen molar-refractivity contribution in [2.24, 2.45) is 5.92 Å². The molecule has 2 rings (SSSR count). The molecule has 1 aromatic rings. The molecule has 0 radical (unpaired) electrons. The van der Waals surface area contributed by atoms with Crippen molar-refractivity contribution >= 4 is 45.1 Å². The molecule has 0 aromatic heterocycles. The fraction of sp³-hybridized carbons (Fsp3) is 0.364. The maximum atomic E-state index is 12.7. The Morgan fingerprint density at radius 3 is 2.32 bits per heavy atom. The second-order valence-electron chi connectivity index (χ2n) is 4.24. The smallest absolute Gasteiger partial charge is 0.416 e. The van der Waals surface area contributed by atoms with Crippen molar-refractivity contribution in [1.29, 1.82) is 0 Å². The van der Waals surface area contributed by atoms with Crippen LogP contribution < -0.4 is 0 Å². The van der Waals surface area contributed by atoms with Gasteiger partial charge in [0, 0.05) is 10.4 Å². The van der Waals surface area contributed by atoms with Crippen LogP contribution in [0.4, 0.5) is 13.2 Å². The maximum Gasteiger partial charge on any atom is 0.416 e. The predicted molar refractivity (Wildman–Crippen MR) is 67.4 cm³/mol. The Morgan fingerprint density at radius 1 is 1.32 bits per heavy atom. The predicted octanol–water partition coefficient (Wildman–Crippen LogP) is 4.44. The molecule has 1 fully saturated rings. The lowest BCUT2D eigenvalue weighted by Gasteiger charge is -2.10. The van der Waals surface area contributed by atoms with Crippen LogP contribution in [0, 0.1) is 5.92 Å². The summed E-state index contributed by atoms with van der Waals surface area (Å²) in [5.41, 5.74) is -0.726. The Kier molecular flexibility index (Phi) is 3.56. The van der Waals surface area contributed by atoms with Gasteiger partial charge in [0.05, 0.1) is 11.5 Å². The molecule has 1 aromatic carbocycles. The van der Waals surface area contributed by atoms with Crippen molar-refractivity contribution in [1.82, 2.24) is 0 Å². The van der Waals surface area contributed by atoms with E-state index < -0.39 is 33.9 Å². The number of carboxylic acids is 1. The van der Waals surface area contributed by atoms with Crippen LogP contribution in [0.15, 0.2) is 22.7 Å². The number of benzene rings is 1. The van der Waals surface area contributed by atoms with E-state index in [1.807, 2.05) is 0 Å². The summed E-state index contributed by atoms with van der Waals surface area (Å²) in [5, 5.41) is 8.92. The van der Waals surface area contributed by atoms with Gasteiger partial charge < -0.3 is 5.11 Å². The van der Waals surface area contributed by atoms with Crippen molar-refractivity contribution in [3.63, 3.8) is 0 Å². The first-order chi connectivity index (χ1) is 8.55. The molecule has 8 heteroatoms. The van der Waals surface area contributed by atoms with Gasteiger partial charge >= 0.3 is 12.1 Å². The minimum Gasteiger partial charge on any atom is -0.481 e. The summed E-state index contributed by atoms with van der Waals surface area (Å²) in [7, 11) is 0. The molecule has 0 amide bonds. The molecule has 0 saturated heterocycles. The molecule has 19 heavy (non-hydrogen) atoms. The average Bonchev–Trinajstić information content (AvgIpc) is 2.79. The fourth-order valence-electron chi connectivity index (χ4n) is 2.00. The summed E-state index contributed by atoms with van der Waals surface area (Å²) in [6.07, 6.45) is -4.52. The number of alkyl halides is 5. The van der Waals surface area contributed by atoms with E-state index in [2.05, 4.69) is 15.9 Å². The van der Waals surface area contributed by atoms with E-state index in [1.54, 1.807) is 0 Å². The van der Waals surface area contributed by atoms with Gasteiger partial charge in [0.2, 0.25) is 0 Å². The molecule has 1 saturated carbocycles. The third-order valence-corrected chi connectivity index (χ3v) is 4.32. The highest BCUT2D eigenvalue weighted by Gasteiger charge is 2.68. The van der Waals surface area contributed by atoms with Gasteiger partial charge in [0.15, 0.2) is 0 Å². The highest BCUT2D eigenvalue weighted by molar-refractivity contribution is 9.10. The van der Waals surface area contributed by atoms with Gasteiger partial charge in [0.25, 0.3) is 0 Å².